The van der Waals surface area contributed by atoms with Gasteiger partial charge in [-0.2, -0.15) is 0 Å². The van der Waals surface area contributed by atoms with Crippen molar-refractivity contribution < 1.29 is 9.21 Å². The maximum atomic E-state index is 10.4. The van der Waals surface area contributed by atoms with Crippen LogP contribution in [0.5, 0.6) is 5.75 Å². The first-order chi connectivity index (χ1) is 6.16. The monoisotopic (exact) mass is 199 g/mol. The molecule has 0 amide bonds. The van der Waals surface area contributed by atoms with Crippen LogP contribution in [0.1, 0.15) is 5.56 Å². The molecule has 0 saturated carbocycles. The van der Waals surface area contributed by atoms with Crippen LogP contribution < -0.4 is 4.29 Å². The lowest BCUT2D eigenvalue weighted by atomic mass is 10.1. The number of hydrogen-bond donors (Lipinski definition) is 0. The van der Waals surface area contributed by atoms with Gasteiger partial charge >= 0.3 is 0 Å². The van der Waals surface area contributed by atoms with Crippen molar-refractivity contribution in [2.75, 3.05) is 0 Å². The van der Waals surface area contributed by atoms with Gasteiger partial charge in [0.2, 0.25) is 0 Å². The topological polar surface area (TPSA) is 52.4 Å². The standard InChI is InChI=1S/C8H6ClNO3/c1-6(10(11)12)7-4-2-3-5-8(7)13-9/h2-5H,1H2. The third-order valence-corrected chi connectivity index (χ3v) is 1.67. The Balaban J connectivity index is 3.13. The lowest BCUT2D eigenvalue weighted by Crippen LogP contribution is -1.97. The molecule has 0 unspecified atom stereocenters. The smallest absolute Gasteiger partial charge is 0.273 e. The van der Waals surface area contributed by atoms with E-state index in [9.17, 15) is 10.1 Å². The Hall–Kier alpha value is -1.55. The van der Waals surface area contributed by atoms with Gasteiger partial charge in [-0.15, -0.1) is 0 Å². The highest BCUT2D eigenvalue weighted by Crippen LogP contribution is 2.25. The molecule has 1 aromatic rings. The number of halogens is 1. The first-order valence-electron chi connectivity index (χ1n) is 3.38. The van der Waals surface area contributed by atoms with Gasteiger partial charge in [-0.3, -0.25) is 10.1 Å². The lowest BCUT2D eigenvalue weighted by molar-refractivity contribution is -0.375. The highest BCUT2D eigenvalue weighted by molar-refractivity contribution is 6.09. The van der Waals surface area contributed by atoms with Crippen molar-refractivity contribution in [3.63, 3.8) is 0 Å². The second-order valence-corrected chi connectivity index (χ2v) is 2.43. The maximum Gasteiger partial charge on any atom is 0.273 e. The zero-order valence-electron chi connectivity index (χ0n) is 6.57. The summed E-state index contributed by atoms with van der Waals surface area (Å²) in [5.74, 6) is 0.228. The average molecular weight is 200 g/mol. The molecule has 0 heterocycles. The average Bonchev–Trinajstić information content (AvgIpc) is 2.16. The van der Waals surface area contributed by atoms with Gasteiger partial charge < -0.3 is 4.29 Å². The largest absolute Gasteiger partial charge is 0.385 e. The Bertz CT molecular complexity index is 351. The van der Waals surface area contributed by atoms with Crippen LogP contribution in [0.3, 0.4) is 0 Å². The van der Waals surface area contributed by atoms with Gasteiger partial charge in [-0.25, -0.2) is 0 Å². The molecule has 0 aliphatic carbocycles. The SMILES string of the molecule is C=C(c1ccccc1OCl)[N+](=O)[O-]. The van der Waals surface area contributed by atoms with Crippen LogP contribution in [0, 0.1) is 10.1 Å². The van der Waals surface area contributed by atoms with Crippen molar-refractivity contribution >= 4 is 17.6 Å². The van der Waals surface area contributed by atoms with Crippen LogP contribution in [-0.4, -0.2) is 4.92 Å². The molecule has 0 fully saturated rings. The van der Waals surface area contributed by atoms with E-state index in [1.165, 1.54) is 12.1 Å². The van der Waals surface area contributed by atoms with E-state index in [1.807, 2.05) is 0 Å². The maximum absolute atomic E-state index is 10.4. The Morgan fingerprint density at radius 3 is 2.69 bits per heavy atom. The fourth-order valence-corrected chi connectivity index (χ4v) is 1.01. The number of para-hydroxylation sites is 1. The van der Waals surface area contributed by atoms with E-state index in [0.29, 0.717) is 0 Å². The van der Waals surface area contributed by atoms with Crippen LogP contribution in [0.15, 0.2) is 30.8 Å². The van der Waals surface area contributed by atoms with E-state index >= 15 is 0 Å². The number of benzene rings is 1. The number of nitro groups is 1. The molecule has 13 heavy (non-hydrogen) atoms. The van der Waals surface area contributed by atoms with Gasteiger partial charge in [0.05, 0.1) is 10.5 Å². The molecule has 0 saturated heterocycles. The third kappa shape index (κ3) is 1.97. The van der Waals surface area contributed by atoms with Crippen molar-refractivity contribution in [3.05, 3.63) is 46.5 Å². The minimum atomic E-state index is -0.589. The molecule has 0 aliphatic heterocycles. The van der Waals surface area contributed by atoms with E-state index in [1.54, 1.807) is 12.1 Å². The summed E-state index contributed by atoms with van der Waals surface area (Å²) in [6, 6.07) is 6.34. The molecule has 0 aliphatic rings. The minimum absolute atomic E-state index is 0.228. The molecule has 4 nitrogen and oxygen atoms in total. The fourth-order valence-electron chi connectivity index (χ4n) is 0.871. The molecular formula is C8H6ClNO3. The zero-order valence-corrected chi connectivity index (χ0v) is 7.32. The van der Waals surface area contributed by atoms with Gasteiger partial charge in [0.25, 0.3) is 5.70 Å². The first kappa shape index (κ1) is 9.54. The number of nitrogens with zero attached hydrogens (tertiary/aromatic N) is 1. The summed E-state index contributed by atoms with van der Waals surface area (Å²) in [6.07, 6.45) is 0. The van der Waals surface area contributed by atoms with E-state index in [0.717, 1.165) is 0 Å². The van der Waals surface area contributed by atoms with Gasteiger partial charge in [0, 0.05) is 0 Å². The predicted octanol–water partition coefficient (Wildman–Crippen LogP) is 2.47. The highest BCUT2D eigenvalue weighted by atomic mass is 35.5. The molecule has 1 rings (SSSR count). The molecule has 68 valence electrons. The van der Waals surface area contributed by atoms with E-state index in [-0.39, 0.29) is 17.0 Å². The first-order valence-corrected chi connectivity index (χ1v) is 3.69. The van der Waals surface area contributed by atoms with Crippen molar-refractivity contribution in [1.29, 1.82) is 0 Å². The normalized spacial score (nSPS) is 9.31. The Kier molecular flexibility index (Phi) is 2.87. The molecule has 0 spiro atoms. The van der Waals surface area contributed by atoms with E-state index in [4.69, 9.17) is 11.9 Å². The molecule has 0 atom stereocenters. The van der Waals surface area contributed by atoms with E-state index < -0.39 is 4.92 Å². The minimum Gasteiger partial charge on any atom is -0.385 e. The van der Waals surface area contributed by atoms with Gasteiger partial charge in [-0.05, 0) is 18.7 Å². The summed E-state index contributed by atoms with van der Waals surface area (Å²) in [5, 5.41) is 10.4. The molecule has 0 N–H and O–H groups in total. The molecular weight excluding hydrogens is 194 g/mol. The van der Waals surface area contributed by atoms with Crippen molar-refractivity contribution in [2.45, 2.75) is 0 Å². The van der Waals surface area contributed by atoms with Crippen molar-refractivity contribution in [1.82, 2.24) is 0 Å². The zero-order chi connectivity index (χ0) is 9.84. The molecule has 0 aromatic heterocycles. The predicted molar refractivity (Wildman–Crippen MR) is 49.0 cm³/mol. The fraction of sp³-hybridized carbons (Fsp3) is 0. The number of hydrogen-bond acceptors (Lipinski definition) is 3. The highest BCUT2D eigenvalue weighted by Gasteiger charge is 2.15. The molecule has 1 aromatic carbocycles. The van der Waals surface area contributed by atoms with Crippen LogP contribution in [-0.2, 0) is 0 Å². The second-order valence-electron chi connectivity index (χ2n) is 2.28. The summed E-state index contributed by atoms with van der Waals surface area (Å²) >= 11 is 5.12. The van der Waals surface area contributed by atoms with Crippen LogP contribution in [0.2, 0.25) is 0 Å². The van der Waals surface area contributed by atoms with Gasteiger partial charge in [-0.1, -0.05) is 12.1 Å². The summed E-state index contributed by atoms with van der Waals surface area (Å²) in [4.78, 5) is 9.79. The summed E-state index contributed by atoms with van der Waals surface area (Å²) in [5.41, 5.74) is 0.0405. The van der Waals surface area contributed by atoms with Crippen molar-refractivity contribution in [2.24, 2.45) is 0 Å². The number of rotatable bonds is 3. The van der Waals surface area contributed by atoms with Gasteiger partial charge in [0.1, 0.15) is 11.9 Å². The van der Waals surface area contributed by atoms with Gasteiger partial charge in [0.15, 0.2) is 5.75 Å². The quantitative estimate of drug-likeness (QED) is 0.555. The van der Waals surface area contributed by atoms with Crippen molar-refractivity contribution in [3.8, 4) is 5.75 Å². The Labute approximate surface area is 79.7 Å². The second kappa shape index (κ2) is 3.91. The summed E-state index contributed by atoms with van der Waals surface area (Å²) < 4.78 is 4.42. The van der Waals surface area contributed by atoms with E-state index in [2.05, 4.69) is 10.9 Å². The molecule has 5 heteroatoms. The Morgan fingerprint density at radius 2 is 2.15 bits per heavy atom. The lowest BCUT2D eigenvalue weighted by Gasteiger charge is -2.01. The summed E-state index contributed by atoms with van der Waals surface area (Å²) in [6.45, 7) is 3.30. The molecule has 0 radical (unpaired) electrons. The molecule has 0 bridgehead atoms. The van der Waals surface area contributed by atoms with Crippen LogP contribution in [0.25, 0.3) is 5.70 Å². The Morgan fingerprint density at radius 1 is 1.54 bits per heavy atom. The van der Waals surface area contributed by atoms with Crippen LogP contribution in [0.4, 0.5) is 0 Å². The third-order valence-electron chi connectivity index (χ3n) is 1.50. The summed E-state index contributed by atoms with van der Waals surface area (Å²) in [7, 11) is 0. The van der Waals surface area contributed by atoms with Crippen LogP contribution >= 0.6 is 11.9 Å².